The number of rotatable bonds is 9. The molecular formula is C13H19N3O3S. The van der Waals surface area contributed by atoms with Crippen molar-refractivity contribution in [1.82, 2.24) is 5.32 Å². The molecule has 0 spiro atoms. The predicted molar refractivity (Wildman–Crippen MR) is 81.0 cm³/mol. The molecule has 0 amide bonds. The van der Waals surface area contributed by atoms with E-state index < -0.39 is 4.92 Å². The van der Waals surface area contributed by atoms with Gasteiger partial charge < -0.3 is 15.8 Å². The van der Waals surface area contributed by atoms with Crippen LogP contribution in [0.5, 0.6) is 5.75 Å². The zero-order valence-corrected chi connectivity index (χ0v) is 12.2. The lowest BCUT2D eigenvalue weighted by Gasteiger charge is -2.09. The lowest BCUT2D eigenvalue weighted by molar-refractivity contribution is -0.403. The average molecular weight is 297 g/mol. The largest absolute Gasteiger partial charge is 0.494 e. The molecule has 0 saturated carbocycles. The molecule has 0 unspecified atom stereocenters. The summed E-state index contributed by atoms with van der Waals surface area (Å²) in [4.78, 5) is 9.88. The van der Waals surface area contributed by atoms with Gasteiger partial charge in [-0.15, -0.1) is 11.8 Å². The van der Waals surface area contributed by atoms with E-state index >= 15 is 0 Å². The topological polar surface area (TPSA) is 90.4 Å². The van der Waals surface area contributed by atoms with Crippen LogP contribution in [-0.2, 0) is 6.54 Å². The summed E-state index contributed by atoms with van der Waals surface area (Å²) in [5.41, 5.74) is 6.58. The molecule has 7 heteroatoms. The van der Waals surface area contributed by atoms with Crippen LogP contribution in [0.4, 0.5) is 0 Å². The molecule has 20 heavy (non-hydrogen) atoms. The number of hydrogen-bond acceptors (Lipinski definition) is 6. The zero-order valence-electron chi connectivity index (χ0n) is 11.4. The second-order valence-electron chi connectivity index (χ2n) is 3.96. The monoisotopic (exact) mass is 297 g/mol. The smallest absolute Gasteiger partial charge is 0.263 e. The van der Waals surface area contributed by atoms with Crippen molar-refractivity contribution < 1.29 is 9.66 Å². The molecule has 110 valence electrons. The molecule has 0 heterocycles. The van der Waals surface area contributed by atoms with Gasteiger partial charge in [-0.25, -0.2) is 0 Å². The Hall–Kier alpha value is -1.73. The normalized spacial score (nSPS) is 11.2. The van der Waals surface area contributed by atoms with Crippen LogP contribution in [0.2, 0.25) is 0 Å². The lowest BCUT2D eigenvalue weighted by atomic mass is 10.2. The fourth-order valence-electron chi connectivity index (χ4n) is 1.50. The third-order valence-electron chi connectivity index (χ3n) is 2.47. The summed E-state index contributed by atoms with van der Waals surface area (Å²) in [6.07, 6.45) is 3.51. The summed E-state index contributed by atoms with van der Waals surface area (Å²) < 4.78 is 5.59. The van der Waals surface area contributed by atoms with Crippen LogP contribution in [0.25, 0.3) is 0 Å². The van der Waals surface area contributed by atoms with E-state index in [-0.39, 0.29) is 0 Å². The van der Waals surface area contributed by atoms with Crippen LogP contribution in [0.1, 0.15) is 12.0 Å². The molecule has 6 nitrogen and oxygen atoms in total. The Morgan fingerprint density at radius 1 is 1.60 bits per heavy atom. The predicted octanol–water partition coefficient (Wildman–Crippen LogP) is 1.94. The van der Waals surface area contributed by atoms with Gasteiger partial charge in [0.15, 0.2) is 0 Å². The average Bonchev–Trinajstić information content (AvgIpc) is 2.45. The Morgan fingerprint density at radius 3 is 3.05 bits per heavy atom. The minimum absolute atomic E-state index is 0.465. The highest BCUT2D eigenvalue weighted by atomic mass is 32.2. The van der Waals surface area contributed by atoms with Gasteiger partial charge in [0.1, 0.15) is 10.8 Å². The highest BCUT2D eigenvalue weighted by Crippen LogP contribution is 2.13. The molecular weight excluding hydrogens is 278 g/mol. The van der Waals surface area contributed by atoms with Crippen molar-refractivity contribution in [3.8, 4) is 5.75 Å². The minimum atomic E-state index is -0.465. The molecule has 3 N–H and O–H groups in total. The zero-order chi connectivity index (χ0) is 14.8. The summed E-state index contributed by atoms with van der Waals surface area (Å²) in [6, 6.07) is 7.64. The molecule has 0 fully saturated rings. The van der Waals surface area contributed by atoms with Crippen molar-refractivity contribution >= 4 is 11.8 Å². The van der Waals surface area contributed by atoms with Crippen LogP contribution >= 0.6 is 11.8 Å². The summed E-state index contributed by atoms with van der Waals surface area (Å²) in [6.45, 7) is 1.65. The Labute approximate surface area is 122 Å². The number of nitrogens with zero attached hydrogens (tertiary/aromatic N) is 1. The molecule has 0 saturated heterocycles. The van der Waals surface area contributed by atoms with Crippen LogP contribution in [0, 0.1) is 10.1 Å². The van der Waals surface area contributed by atoms with Crippen molar-refractivity contribution in [2.75, 3.05) is 19.4 Å². The van der Waals surface area contributed by atoms with E-state index in [0.29, 0.717) is 24.7 Å². The SMILES string of the molecule is CSC(=C[N+](=O)[O-])NCCCOc1cccc(CN)c1. The maximum atomic E-state index is 10.3. The molecule has 0 aliphatic carbocycles. The molecule has 0 atom stereocenters. The maximum absolute atomic E-state index is 10.3. The number of thioether (sulfide) groups is 1. The quantitative estimate of drug-likeness (QED) is 0.411. The number of nitrogens with one attached hydrogen (secondary N) is 1. The van der Waals surface area contributed by atoms with E-state index in [0.717, 1.165) is 23.9 Å². The summed E-state index contributed by atoms with van der Waals surface area (Å²) in [5.74, 6) is 0.791. The minimum Gasteiger partial charge on any atom is -0.494 e. The van der Waals surface area contributed by atoms with Crippen molar-refractivity contribution in [1.29, 1.82) is 0 Å². The first-order valence-electron chi connectivity index (χ1n) is 6.20. The summed E-state index contributed by atoms with van der Waals surface area (Å²) in [7, 11) is 0. The van der Waals surface area contributed by atoms with E-state index in [1.807, 2.05) is 24.3 Å². The van der Waals surface area contributed by atoms with Crippen molar-refractivity contribution in [2.24, 2.45) is 5.73 Å². The Bertz CT molecular complexity index is 466. The van der Waals surface area contributed by atoms with E-state index in [4.69, 9.17) is 10.5 Å². The van der Waals surface area contributed by atoms with Gasteiger partial charge in [0.05, 0.1) is 11.5 Å². The van der Waals surface area contributed by atoms with Gasteiger partial charge in [0.2, 0.25) is 0 Å². The molecule has 1 rings (SSSR count). The van der Waals surface area contributed by atoms with Crippen LogP contribution in [0.3, 0.4) is 0 Å². The van der Waals surface area contributed by atoms with Gasteiger partial charge in [-0.05, 0) is 30.4 Å². The molecule has 1 aromatic rings. The van der Waals surface area contributed by atoms with E-state index in [1.54, 1.807) is 6.26 Å². The first-order valence-corrected chi connectivity index (χ1v) is 7.43. The van der Waals surface area contributed by atoms with Crippen LogP contribution in [0.15, 0.2) is 35.5 Å². The molecule has 0 aromatic heterocycles. The van der Waals surface area contributed by atoms with Gasteiger partial charge in [0, 0.05) is 13.1 Å². The summed E-state index contributed by atoms with van der Waals surface area (Å²) >= 11 is 1.31. The Kier molecular flexibility index (Phi) is 7.52. The highest BCUT2D eigenvalue weighted by molar-refractivity contribution is 8.02. The van der Waals surface area contributed by atoms with Gasteiger partial charge in [-0.3, -0.25) is 10.1 Å². The van der Waals surface area contributed by atoms with Gasteiger partial charge in [-0.2, -0.15) is 0 Å². The maximum Gasteiger partial charge on any atom is 0.263 e. The van der Waals surface area contributed by atoms with Gasteiger partial charge in [-0.1, -0.05) is 12.1 Å². The van der Waals surface area contributed by atoms with Crippen molar-refractivity contribution in [3.63, 3.8) is 0 Å². The summed E-state index contributed by atoms with van der Waals surface area (Å²) in [5, 5.41) is 13.9. The molecule has 0 aliphatic rings. The second kappa shape index (κ2) is 9.22. The lowest BCUT2D eigenvalue weighted by Crippen LogP contribution is -2.16. The number of nitrogens with two attached hydrogens (primary N) is 1. The first kappa shape index (κ1) is 16.3. The molecule has 0 aliphatic heterocycles. The standard InChI is InChI=1S/C13H19N3O3S/c1-20-13(10-16(17)18)15-6-3-7-19-12-5-2-4-11(8-12)9-14/h2,4-5,8,10,15H,3,6-7,9,14H2,1H3. The van der Waals surface area contributed by atoms with E-state index in [1.165, 1.54) is 11.8 Å². The molecule has 1 aromatic carbocycles. The van der Waals surface area contributed by atoms with Crippen molar-refractivity contribution in [2.45, 2.75) is 13.0 Å². The van der Waals surface area contributed by atoms with E-state index in [2.05, 4.69) is 5.32 Å². The molecule has 0 bridgehead atoms. The number of nitro groups is 1. The number of benzene rings is 1. The van der Waals surface area contributed by atoms with Gasteiger partial charge >= 0.3 is 0 Å². The fourth-order valence-corrected chi connectivity index (χ4v) is 1.94. The Morgan fingerprint density at radius 2 is 2.40 bits per heavy atom. The van der Waals surface area contributed by atoms with Crippen LogP contribution < -0.4 is 15.8 Å². The second-order valence-corrected chi connectivity index (χ2v) is 4.81. The molecule has 0 radical (unpaired) electrons. The Balaban J connectivity index is 2.26. The van der Waals surface area contributed by atoms with Gasteiger partial charge in [0.25, 0.3) is 6.20 Å². The number of hydrogen-bond donors (Lipinski definition) is 2. The van der Waals surface area contributed by atoms with Crippen LogP contribution in [-0.4, -0.2) is 24.3 Å². The third kappa shape index (κ3) is 6.44. The highest BCUT2D eigenvalue weighted by Gasteiger charge is 2.00. The fraction of sp³-hybridized carbons (Fsp3) is 0.385. The van der Waals surface area contributed by atoms with E-state index in [9.17, 15) is 10.1 Å². The third-order valence-corrected chi connectivity index (χ3v) is 3.16. The van der Waals surface area contributed by atoms with Crippen molar-refractivity contribution in [3.05, 3.63) is 51.2 Å². The number of ether oxygens (including phenoxy) is 1. The first-order chi connectivity index (χ1) is 9.65.